The molecular formula is C34H54N6O3. The van der Waals surface area contributed by atoms with Crippen molar-refractivity contribution in [2.75, 3.05) is 45.8 Å². The van der Waals surface area contributed by atoms with E-state index in [0.29, 0.717) is 17.9 Å². The van der Waals surface area contributed by atoms with E-state index in [1.165, 1.54) is 12.7 Å². The van der Waals surface area contributed by atoms with Crippen LogP contribution in [0.25, 0.3) is 0 Å². The summed E-state index contributed by atoms with van der Waals surface area (Å²) in [6.07, 6.45) is 11.5. The van der Waals surface area contributed by atoms with Gasteiger partial charge in [-0.3, -0.25) is 19.3 Å². The molecule has 1 aromatic rings. The van der Waals surface area contributed by atoms with Crippen molar-refractivity contribution in [3.63, 3.8) is 0 Å². The number of unbranched alkanes of at least 4 members (excludes halogenated alkanes) is 1. The molecule has 2 amide bonds. The maximum absolute atomic E-state index is 13.9. The summed E-state index contributed by atoms with van der Waals surface area (Å²) in [5.74, 6) is 1.12. The second-order valence-corrected chi connectivity index (χ2v) is 14.3. The smallest absolute Gasteiger partial charge is 0.257 e. The van der Waals surface area contributed by atoms with Crippen molar-refractivity contribution >= 4 is 17.6 Å². The van der Waals surface area contributed by atoms with E-state index < -0.39 is 0 Å². The van der Waals surface area contributed by atoms with Crippen molar-refractivity contribution in [2.24, 2.45) is 17.3 Å². The Labute approximate surface area is 258 Å². The molecule has 4 fully saturated rings. The molecule has 4 aliphatic rings. The van der Waals surface area contributed by atoms with E-state index in [9.17, 15) is 14.4 Å². The Morgan fingerprint density at radius 1 is 1.02 bits per heavy atom. The number of amides is 2. The number of carbonyl (C=O) groups is 3. The van der Waals surface area contributed by atoms with Crippen LogP contribution in [0, 0.1) is 31.1 Å². The SMILES string of the molecule is CCCCC1CN(C(C(C)=O)C2CCNCC2)C(=O)CC12CCN(C1(C)CCN(C(=O)c3c(C)ncnc3C)CC1)CC2. The second-order valence-electron chi connectivity index (χ2n) is 14.3. The number of rotatable bonds is 8. The molecule has 1 aromatic heterocycles. The van der Waals surface area contributed by atoms with Gasteiger partial charge in [0.25, 0.3) is 5.91 Å². The first-order valence-electron chi connectivity index (χ1n) is 16.9. The minimum atomic E-state index is -0.266. The molecule has 2 unspecified atom stereocenters. The van der Waals surface area contributed by atoms with Crippen LogP contribution in [-0.4, -0.2) is 99.7 Å². The summed E-state index contributed by atoms with van der Waals surface area (Å²) in [5, 5.41) is 3.42. The Morgan fingerprint density at radius 3 is 2.23 bits per heavy atom. The second kappa shape index (κ2) is 13.3. The van der Waals surface area contributed by atoms with Gasteiger partial charge in [-0.05, 0) is 116 Å². The monoisotopic (exact) mass is 594 g/mol. The molecule has 4 aliphatic heterocycles. The van der Waals surface area contributed by atoms with Gasteiger partial charge in [-0.25, -0.2) is 9.97 Å². The van der Waals surface area contributed by atoms with E-state index in [2.05, 4.69) is 34.0 Å². The van der Waals surface area contributed by atoms with Crippen molar-refractivity contribution in [3.05, 3.63) is 23.3 Å². The third-order valence-corrected chi connectivity index (χ3v) is 11.7. The Balaban J connectivity index is 1.24. The molecule has 1 N–H and O–H groups in total. The van der Waals surface area contributed by atoms with Gasteiger partial charge in [0.2, 0.25) is 5.91 Å². The lowest BCUT2D eigenvalue weighted by atomic mass is 9.62. The summed E-state index contributed by atoms with van der Waals surface area (Å²) in [7, 11) is 0. The molecule has 43 heavy (non-hydrogen) atoms. The highest BCUT2D eigenvalue weighted by Gasteiger charge is 2.51. The Bertz CT molecular complexity index is 1140. The van der Waals surface area contributed by atoms with E-state index in [4.69, 9.17) is 0 Å². The topological polar surface area (TPSA) is 98.7 Å². The Kier molecular flexibility index (Phi) is 9.91. The summed E-state index contributed by atoms with van der Waals surface area (Å²) >= 11 is 0. The Hall–Kier alpha value is -2.39. The van der Waals surface area contributed by atoms with Crippen LogP contribution in [0.5, 0.6) is 0 Å². The molecule has 0 aromatic carbocycles. The molecule has 0 aliphatic carbocycles. The third kappa shape index (κ3) is 6.53. The molecule has 1 spiro atoms. The zero-order chi connectivity index (χ0) is 30.8. The predicted octanol–water partition coefficient (Wildman–Crippen LogP) is 4.17. The lowest BCUT2D eigenvalue weighted by Crippen LogP contribution is -2.62. The van der Waals surface area contributed by atoms with Crippen molar-refractivity contribution < 1.29 is 14.4 Å². The van der Waals surface area contributed by atoms with Gasteiger partial charge in [0.15, 0.2) is 5.78 Å². The fourth-order valence-corrected chi connectivity index (χ4v) is 8.81. The maximum Gasteiger partial charge on any atom is 0.257 e. The number of likely N-dealkylation sites (tertiary alicyclic amines) is 3. The molecule has 5 rings (SSSR count). The average molecular weight is 595 g/mol. The van der Waals surface area contributed by atoms with Gasteiger partial charge < -0.3 is 15.1 Å². The molecule has 5 heterocycles. The fraction of sp³-hybridized carbons (Fsp3) is 0.794. The minimum Gasteiger partial charge on any atom is -0.338 e. The number of Topliss-reactive ketones (excluding diaryl/α,β-unsaturated/α-hetero) is 1. The molecule has 2 atom stereocenters. The summed E-state index contributed by atoms with van der Waals surface area (Å²) < 4.78 is 0. The largest absolute Gasteiger partial charge is 0.338 e. The molecule has 4 saturated heterocycles. The van der Waals surface area contributed by atoms with Gasteiger partial charge >= 0.3 is 0 Å². The standard InChI is InChI=1S/C34H54N6O3/c1-6-7-8-28-22-40(31(26(4)41)27-9-15-35-16-10-27)29(42)21-34(28)13-19-39(20-14-34)33(5)11-17-38(18-12-33)32(43)30-24(2)36-23-37-25(30)3/h23,27-28,31,35H,6-22H2,1-5H3. The number of nitrogens with one attached hydrogen (secondary N) is 1. The van der Waals surface area contributed by atoms with Crippen LogP contribution in [0.15, 0.2) is 6.33 Å². The fourth-order valence-electron chi connectivity index (χ4n) is 8.81. The van der Waals surface area contributed by atoms with E-state index in [1.807, 2.05) is 23.6 Å². The Morgan fingerprint density at radius 2 is 1.65 bits per heavy atom. The molecule has 0 bridgehead atoms. The van der Waals surface area contributed by atoms with Crippen LogP contribution in [0.4, 0.5) is 0 Å². The number of hydrogen-bond acceptors (Lipinski definition) is 7. The molecule has 0 radical (unpaired) electrons. The summed E-state index contributed by atoms with van der Waals surface area (Å²) in [4.78, 5) is 55.4. The average Bonchev–Trinajstić information content (AvgIpc) is 2.99. The van der Waals surface area contributed by atoms with Crippen molar-refractivity contribution in [1.82, 2.24) is 30.0 Å². The highest BCUT2D eigenvalue weighted by atomic mass is 16.2. The molecule has 238 valence electrons. The number of aryl methyl sites for hydroxylation is 2. The van der Waals surface area contributed by atoms with Crippen LogP contribution in [0.1, 0.15) is 107 Å². The van der Waals surface area contributed by atoms with Crippen LogP contribution >= 0.6 is 0 Å². The first-order valence-corrected chi connectivity index (χ1v) is 16.9. The summed E-state index contributed by atoms with van der Waals surface area (Å²) in [6, 6.07) is -0.266. The van der Waals surface area contributed by atoms with E-state index in [-0.39, 0.29) is 40.5 Å². The van der Waals surface area contributed by atoms with Crippen molar-refractivity contribution in [2.45, 2.75) is 110 Å². The predicted molar refractivity (Wildman–Crippen MR) is 168 cm³/mol. The number of nitrogens with zero attached hydrogens (tertiary/aromatic N) is 5. The van der Waals surface area contributed by atoms with Gasteiger partial charge in [-0.1, -0.05) is 19.8 Å². The van der Waals surface area contributed by atoms with Crippen LogP contribution in [0.2, 0.25) is 0 Å². The highest BCUT2D eigenvalue weighted by Crippen LogP contribution is 2.50. The van der Waals surface area contributed by atoms with E-state index in [1.54, 1.807) is 6.92 Å². The summed E-state index contributed by atoms with van der Waals surface area (Å²) in [5.41, 5.74) is 2.22. The van der Waals surface area contributed by atoms with Gasteiger partial charge in [0.05, 0.1) is 23.0 Å². The number of hydrogen-bond donors (Lipinski definition) is 1. The lowest BCUT2D eigenvalue weighted by molar-refractivity contribution is -0.155. The normalized spacial score (nSPS) is 25.6. The third-order valence-electron chi connectivity index (χ3n) is 11.7. The summed E-state index contributed by atoms with van der Waals surface area (Å²) in [6.45, 7) is 16.1. The van der Waals surface area contributed by atoms with Gasteiger partial charge in [-0.15, -0.1) is 0 Å². The lowest BCUT2D eigenvalue weighted by Gasteiger charge is -2.56. The minimum absolute atomic E-state index is 0.0318. The number of ketones is 1. The van der Waals surface area contributed by atoms with E-state index in [0.717, 1.165) is 109 Å². The maximum atomic E-state index is 13.9. The van der Waals surface area contributed by atoms with Crippen LogP contribution in [0.3, 0.4) is 0 Å². The number of aromatic nitrogens is 2. The molecular weight excluding hydrogens is 540 g/mol. The zero-order valence-electron chi connectivity index (χ0n) is 27.3. The quantitative estimate of drug-likeness (QED) is 0.483. The van der Waals surface area contributed by atoms with Gasteiger partial charge in [-0.2, -0.15) is 0 Å². The first kappa shape index (κ1) is 32.0. The first-order chi connectivity index (χ1) is 20.6. The van der Waals surface area contributed by atoms with Crippen LogP contribution in [-0.2, 0) is 9.59 Å². The number of carbonyl (C=O) groups excluding carboxylic acids is 3. The molecule has 9 heteroatoms. The zero-order valence-corrected chi connectivity index (χ0v) is 27.3. The van der Waals surface area contributed by atoms with Crippen LogP contribution < -0.4 is 5.32 Å². The van der Waals surface area contributed by atoms with Crippen molar-refractivity contribution in [1.29, 1.82) is 0 Å². The molecule has 0 saturated carbocycles. The van der Waals surface area contributed by atoms with Gasteiger partial charge in [0.1, 0.15) is 6.33 Å². The van der Waals surface area contributed by atoms with E-state index >= 15 is 0 Å². The molecule has 9 nitrogen and oxygen atoms in total. The number of piperidine rings is 4. The van der Waals surface area contributed by atoms with Gasteiger partial charge in [0, 0.05) is 31.6 Å². The highest BCUT2D eigenvalue weighted by molar-refractivity contribution is 5.96. The van der Waals surface area contributed by atoms with Crippen molar-refractivity contribution in [3.8, 4) is 0 Å².